The van der Waals surface area contributed by atoms with E-state index in [0.717, 1.165) is 17.3 Å². The fourth-order valence-corrected chi connectivity index (χ4v) is 2.94. The molecule has 1 aromatic heterocycles. The molecule has 1 nitrogen and oxygen atoms in total. The lowest BCUT2D eigenvalue weighted by atomic mass is 9.84. The van der Waals surface area contributed by atoms with E-state index in [9.17, 15) is 0 Å². The molecular weight excluding hydrogens is 238 g/mol. The summed E-state index contributed by atoms with van der Waals surface area (Å²) in [5.41, 5.74) is 1.63. The molecule has 0 unspecified atom stereocenters. The summed E-state index contributed by atoms with van der Waals surface area (Å²) in [5.74, 6) is 0. The Labute approximate surface area is 108 Å². The molecule has 0 fully saturated rings. The second-order valence-electron chi connectivity index (χ2n) is 5.19. The molecule has 0 atom stereocenters. The molecule has 0 saturated carbocycles. The van der Waals surface area contributed by atoms with Crippen molar-refractivity contribution in [2.24, 2.45) is 5.41 Å². The number of aryl methyl sites for hydroxylation is 2. The normalized spacial score (nSPS) is 12.1. The molecule has 0 aliphatic heterocycles. The highest BCUT2D eigenvalue weighted by Gasteiger charge is 2.17. The predicted molar refractivity (Wildman–Crippen MR) is 74.7 cm³/mol. The van der Waals surface area contributed by atoms with Crippen LogP contribution in [0, 0.1) is 12.3 Å². The second-order valence-corrected chi connectivity index (χ2v) is 6.93. The van der Waals surface area contributed by atoms with Gasteiger partial charge in [0.25, 0.3) is 0 Å². The van der Waals surface area contributed by atoms with Gasteiger partial charge in [-0.05, 0) is 56.8 Å². The van der Waals surface area contributed by atoms with Crippen LogP contribution in [0.3, 0.4) is 0 Å². The summed E-state index contributed by atoms with van der Waals surface area (Å²) in [6.07, 6.45) is 3.60. The summed E-state index contributed by atoms with van der Waals surface area (Å²) in [7, 11) is 2.01. The van der Waals surface area contributed by atoms with Gasteiger partial charge in [0.05, 0.1) is 4.34 Å². The van der Waals surface area contributed by atoms with E-state index in [0.29, 0.717) is 5.41 Å². The zero-order chi connectivity index (χ0) is 12.2. The van der Waals surface area contributed by atoms with Crippen molar-refractivity contribution in [2.45, 2.75) is 40.0 Å². The van der Waals surface area contributed by atoms with Crippen LogP contribution in [0.2, 0.25) is 4.34 Å². The molecule has 1 heterocycles. The highest BCUT2D eigenvalue weighted by atomic mass is 35.5. The Morgan fingerprint density at radius 2 is 2.06 bits per heavy atom. The first-order valence-electron chi connectivity index (χ1n) is 5.84. The Morgan fingerprint density at radius 3 is 2.56 bits per heavy atom. The Balaban J connectivity index is 2.44. The first kappa shape index (κ1) is 14.0. The molecule has 0 saturated heterocycles. The van der Waals surface area contributed by atoms with Gasteiger partial charge in [0, 0.05) is 4.88 Å². The van der Waals surface area contributed by atoms with E-state index in [1.165, 1.54) is 23.3 Å². The monoisotopic (exact) mass is 259 g/mol. The zero-order valence-corrected chi connectivity index (χ0v) is 12.3. The molecule has 1 N–H and O–H groups in total. The minimum absolute atomic E-state index is 0.410. The maximum Gasteiger partial charge on any atom is 0.0960 e. The molecular formula is C13H22ClNS. The van der Waals surface area contributed by atoms with Gasteiger partial charge in [-0.1, -0.05) is 25.4 Å². The molecule has 0 radical (unpaired) electrons. The summed E-state index contributed by atoms with van der Waals surface area (Å²) in [5, 5.41) is 3.22. The summed E-state index contributed by atoms with van der Waals surface area (Å²) in [6, 6.07) is 2.22. The lowest BCUT2D eigenvalue weighted by molar-refractivity contribution is 0.306. The van der Waals surface area contributed by atoms with Gasteiger partial charge < -0.3 is 5.32 Å². The second kappa shape index (κ2) is 6.04. The molecule has 16 heavy (non-hydrogen) atoms. The minimum atomic E-state index is 0.410. The van der Waals surface area contributed by atoms with E-state index in [1.807, 2.05) is 7.05 Å². The Morgan fingerprint density at radius 1 is 1.38 bits per heavy atom. The molecule has 0 bridgehead atoms. The Kier molecular flexibility index (Phi) is 5.29. The third-order valence-electron chi connectivity index (χ3n) is 3.01. The van der Waals surface area contributed by atoms with Crippen molar-refractivity contribution in [1.82, 2.24) is 5.32 Å². The van der Waals surface area contributed by atoms with Crippen LogP contribution >= 0.6 is 22.9 Å². The average Bonchev–Trinajstić information content (AvgIpc) is 2.53. The maximum absolute atomic E-state index is 6.07. The highest BCUT2D eigenvalue weighted by Crippen LogP contribution is 2.31. The number of hydrogen-bond acceptors (Lipinski definition) is 2. The summed E-state index contributed by atoms with van der Waals surface area (Å²) in [6.45, 7) is 7.85. The van der Waals surface area contributed by atoms with Gasteiger partial charge in [-0.25, -0.2) is 0 Å². The van der Waals surface area contributed by atoms with E-state index in [1.54, 1.807) is 11.3 Å². The largest absolute Gasteiger partial charge is 0.320 e. The molecule has 0 aromatic carbocycles. The van der Waals surface area contributed by atoms with Gasteiger partial charge in [0.2, 0.25) is 0 Å². The van der Waals surface area contributed by atoms with Crippen LogP contribution in [0.15, 0.2) is 6.07 Å². The van der Waals surface area contributed by atoms with Gasteiger partial charge in [-0.15, -0.1) is 11.3 Å². The highest BCUT2D eigenvalue weighted by molar-refractivity contribution is 7.16. The van der Waals surface area contributed by atoms with Crippen LogP contribution in [0.5, 0.6) is 0 Å². The number of rotatable bonds is 6. The van der Waals surface area contributed by atoms with Crippen LogP contribution in [-0.4, -0.2) is 13.6 Å². The van der Waals surface area contributed by atoms with Crippen molar-refractivity contribution >= 4 is 22.9 Å². The molecule has 1 aromatic rings. The Bertz CT molecular complexity index is 311. The molecule has 92 valence electrons. The quantitative estimate of drug-likeness (QED) is 0.804. The number of hydrogen-bond donors (Lipinski definition) is 1. The van der Waals surface area contributed by atoms with Crippen LogP contribution in [-0.2, 0) is 6.42 Å². The van der Waals surface area contributed by atoms with E-state index in [2.05, 4.69) is 32.2 Å². The van der Waals surface area contributed by atoms with Crippen molar-refractivity contribution < 1.29 is 0 Å². The fraction of sp³-hybridized carbons (Fsp3) is 0.692. The Hall–Kier alpha value is -0.0500. The molecule has 0 aliphatic carbocycles. The van der Waals surface area contributed by atoms with E-state index in [4.69, 9.17) is 11.6 Å². The van der Waals surface area contributed by atoms with E-state index < -0.39 is 0 Å². The fourth-order valence-electron chi connectivity index (χ4n) is 1.70. The first-order chi connectivity index (χ1) is 7.44. The van der Waals surface area contributed by atoms with Crippen molar-refractivity contribution in [3.63, 3.8) is 0 Å². The molecule has 0 amide bonds. The van der Waals surface area contributed by atoms with E-state index >= 15 is 0 Å². The molecule has 0 spiro atoms. The third-order valence-corrected chi connectivity index (χ3v) is 4.62. The van der Waals surface area contributed by atoms with Crippen LogP contribution in [0.25, 0.3) is 0 Å². The van der Waals surface area contributed by atoms with Gasteiger partial charge in [0.1, 0.15) is 0 Å². The zero-order valence-electron chi connectivity index (χ0n) is 10.7. The SMILES string of the molecule is CNCCC(C)(C)CCc1cc(C)c(Cl)s1. The van der Waals surface area contributed by atoms with Crippen molar-refractivity contribution in [2.75, 3.05) is 13.6 Å². The van der Waals surface area contributed by atoms with Crippen molar-refractivity contribution in [3.8, 4) is 0 Å². The van der Waals surface area contributed by atoms with Crippen LogP contribution in [0.4, 0.5) is 0 Å². The van der Waals surface area contributed by atoms with Crippen molar-refractivity contribution in [1.29, 1.82) is 0 Å². The molecule has 1 rings (SSSR count). The lowest BCUT2D eigenvalue weighted by Gasteiger charge is -2.24. The van der Waals surface area contributed by atoms with E-state index in [-0.39, 0.29) is 0 Å². The third kappa shape index (κ3) is 4.44. The minimum Gasteiger partial charge on any atom is -0.320 e. The summed E-state index contributed by atoms with van der Waals surface area (Å²) >= 11 is 7.80. The summed E-state index contributed by atoms with van der Waals surface area (Å²) < 4.78 is 0.947. The summed E-state index contributed by atoms with van der Waals surface area (Å²) in [4.78, 5) is 1.42. The standard InChI is InChI=1S/C13H22ClNS/c1-10-9-11(16-12(10)14)5-6-13(2,3)7-8-15-4/h9,15H,5-8H2,1-4H3. The number of nitrogens with one attached hydrogen (secondary N) is 1. The maximum atomic E-state index is 6.07. The average molecular weight is 260 g/mol. The smallest absolute Gasteiger partial charge is 0.0960 e. The first-order valence-corrected chi connectivity index (χ1v) is 7.03. The number of thiophene rings is 1. The topological polar surface area (TPSA) is 12.0 Å². The predicted octanol–water partition coefficient (Wildman–Crippen LogP) is 4.28. The number of halogens is 1. The van der Waals surface area contributed by atoms with Gasteiger partial charge in [0.15, 0.2) is 0 Å². The lowest BCUT2D eigenvalue weighted by Crippen LogP contribution is -2.20. The van der Waals surface area contributed by atoms with Gasteiger partial charge in [-0.2, -0.15) is 0 Å². The van der Waals surface area contributed by atoms with Crippen molar-refractivity contribution in [3.05, 3.63) is 20.8 Å². The van der Waals surface area contributed by atoms with Gasteiger partial charge >= 0.3 is 0 Å². The van der Waals surface area contributed by atoms with Crippen LogP contribution in [0.1, 0.15) is 37.1 Å². The van der Waals surface area contributed by atoms with Gasteiger partial charge in [-0.3, -0.25) is 0 Å². The van der Waals surface area contributed by atoms with Crippen LogP contribution < -0.4 is 5.32 Å². The molecule has 3 heteroatoms. The molecule has 0 aliphatic rings.